The molecule has 0 bridgehead atoms. The molecule has 1 aromatic rings. The van der Waals surface area contributed by atoms with E-state index >= 15 is 0 Å². The molecule has 3 nitrogen and oxygen atoms in total. The van der Waals surface area contributed by atoms with E-state index < -0.39 is 0 Å². The first kappa shape index (κ1) is 13.1. The molecule has 2 atom stereocenters. The second-order valence-electron chi connectivity index (χ2n) is 6.09. The Balaban J connectivity index is 1.80. The van der Waals surface area contributed by atoms with Crippen molar-refractivity contribution in [3.05, 3.63) is 22.4 Å². The molecule has 1 aliphatic carbocycles. The highest BCUT2D eigenvalue weighted by atomic mass is 32.1. The van der Waals surface area contributed by atoms with Gasteiger partial charge < -0.3 is 4.90 Å². The standard InChI is InChI=1S/C15H22N2OS/c1-10(2)13-15(18)17(9-11-5-3-6-11)14(16-13)12-7-4-8-19-12/h4,7-8,10-11,13-14,16H,3,5-6,9H2,1-2H3. The first-order valence-corrected chi connectivity index (χ1v) is 8.14. The largest absolute Gasteiger partial charge is 0.320 e. The molecule has 2 aliphatic rings. The van der Waals surface area contributed by atoms with E-state index in [0.717, 1.165) is 12.5 Å². The van der Waals surface area contributed by atoms with E-state index in [-0.39, 0.29) is 12.2 Å². The molecule has 1 saturated heterocycles. The van der Waals surface area contributed by atoms with Gasteiger partial charge in [-0.05, 0) is 36.1 Å². The van der Waals surface area contributed by atoms with E-state index in [4.69, 9.17) is 0 Å². The summed E-state index contributed by atoms with van der Waals surface area (Å²) < 4.78 is 0. The lowest BCUT2D eigenvalue weighted by Gasteiger charge is -2.32. The molecule has 1 aromatic heterocycles. The molecule has 2 unspecified atom stereocenters. The molecule has 0 spiro atoms. The Morgan fingerprint density at radius 3 is 2.79 bits per heavy atom. The Kier molecular flexibility index (Phi) is 3.63. The van der Waals surface area contributed by atoms with Crippen LogP contribution in [0.25, 0.3) is 0 Å². The lowest BCUT2D eigenvalue weighted by molar-refractivity contribution is -0.131. The summed E-state index contributed by atoms with van der Waals surface area (Å²) in [5.74, 6) is 1.36. The lowest BCUT2D eigenvalue weighted by Crippen LogP contribution is -2.38. The van der Waals surface area contributed by atoms with Gasteiger partial charge in [-0.1, -0.05) is 26.3 Å². The van der Waals surface area contributed by atoms with E-state index in [0.29, 0.717) is 11.8 Å². The number of hydrogen-bond acceptors (Lipinski definition) is 3. The summed E-state index contributed by atoms with van der Waals surface area (Å²) in [6.07, 6.45) is 4.00. The zero-order valence-corrected chi connectivity index (χ0v) is 12.5. The normalized spacial score (nSPS) is 28.2. The molecule has 1 amide bonds. The third kappa shape index (κ3) is 2.43. The summed E-state index contributed by atoms with van der Waals surface area (Å²) in [5.41, 5.74) is 0. The van der Waals surface area contributed by atoms with Gasteiger partial charge in [0.25, 0.3) is 0 Å². The number of nitrogens with one attached hydrogen (secondary N) is 1. The smallest absolute Gasteiger partial charge is 0.241 e. The minimum absolute atomic E-state index is 0.0211. The second kappa shape index (κ2) is 5.25. The van der Waals surface area contributed by atoms with Crippen molar-refractivity contribution in [2.45, 2.75) is 45.3 Å². The van der Waals surface area contributed by atoms with Crippen LogP contribution in [0.3, 0.4) is 0 Å². The summed E-state index contributed by atoms with van der Waals surface area (Å²) in [6, 6.07) is 4.18. The van der Waals surface area contributed by atoms with Crippen LogP contribution in [-0.4, -0.2) is 23.4 Å². The molecule has 4 heteroatoms. The maximum atomic E-state index is 12.6. The number of carbonyl (C=O) groups is 1. The van der Waals surface area contributed by atoms with Gasteiger partial charge in [-0.3, -0.25) is 10.1 Å². The Hall–Kier alpha value is -0.870. The summed E-state index contributed by atoms with van der Waals surface area (Å²) >= 11 is 1.74. The topological polar surface area (TPSA) is 32.3 Å². The van der Waals surface area contributed by atoms with Crippen molar-refractivity contribution in [1.29, 1.82) is 0 Å². The van der Waals surface area contributed by atoms with Crippen LogP contribution in [0.5, 0.6) is 0 Å². The van der Waals surface area contributed by atoms with E-state index in [1.807, 2.05) is 0 Å². The third-order valence-corrected chi connectivity index (χ3v) is 5.28. The minimum atomic E-state index is -0.0211. The minimum Gasteiger partial charge on any atom is -0.320 e. The predicted molar refractivity (Wildman–Crippen MR) is 77.9 cm³/mol. The van der Waals surface area contributed by atoms with Crippen molar-refractivity contribution in [2.75, 3.05) is 6.54 Å². The van der Waals surface area contributed by atoms with Crippen molar-refractivity contribution in [3.63, 3.8) is 0 Å². The van der Waals surface area contributed by atoms with Crippen LogP contribution in [-0.2, 0) is 4.79 Å². The third-order valence-electron chi connectivity index (χ3n) is 4.36. The van der Waals surface area contributed by atoms with E-state index in [2.05, 4.69) is 41.6 Å². The van der Waals surface area contributed by atoms with Crippen LogP contribution >= 0.6 is 11.3 Å². The van der Waals surface area contributed by atoms with Gasteiger partial charge in [-0.15, -0.1) is 11.3 Å². The fraction of sp³-hybridized carbons (Fsp3) is 0.667. The molecule has 1 N–H and O–H groups in total. The summed E-state index contributed by atoms with van der Waals surface area (Å²) in [7, 11) is 0. The Labute approximate surface area is 119 Å². The van der Waals surface area contributed by atoms with Gasteiger partial charge in [-0.2, -0.15) is 0 Å². The van der Waals surface area contributed by atoms with Crippen molar-refractivity contribution in [3.8, 4) is 0 Å². The zero-order valence-electron chi connectivity index (χ0n) is 11.6. The first-order valence-electron chi connectivity index (χ1n) is 7.26. The number of thiophene rings is 1. The maximum absolute atomic E-state index is 12.6. The van der Waals surface area contributed by atoms with Crippen molar-refractivity contribution in [2.24, 2.45) is 11.8 Å². The van der Waals surface area contributed by atoms with Crippen molar-refractivity contribution >= 4 is 17.2 Å². The predicted octanol–water partition coefficient (Wildman–Crippen LogP) is 3.00. The van der Waals surface area contributed by atoms with Crippen molar-refractivity contribution < 1.29 is 4.79 Å². The maximum Gasteiger partial charge on any atom is 0.241 e. The van der Waals surface area contributed by atoms with Gasteiger partial charge in [-0.25, -0.2) is 0 Å². The van der Waals surface area contributed by atoms with Gasteiger partial charge in [0, 0.05) is 11.4 Å². The molecular weight excluding hydrogens is 256 g/mol. The highest BCUT2D eigenvalue weighted by Crippen LogP contribution is 2.35. The number of rotatable bonds is 4. The Morgan fingerprint density at radius 2 is 2.26 bits per heavy atom. The molecule has 1 aliphatic heterocycles. The number of amides is 1. The summed E-state index contributed by atoms with van der Waals surface area (Å²) in [6.45, 7) is 5.17. The van der Waals surface area contributed by atoms with E-state index in [9.17, 15) is 4.79 Å². The second-order valence-corrected chi connectivity index (χ2v) is 7.07. The van der Waals surface area contributed by atoms with Gasteiger partial charge >= 0.3 is 0 Å². The number of hydrogen-bond donors (Lipinski definition) is 1. The molecule has 2 heterocycles. The Morgan fingerprint density at radius 1 is 1.47 bits per heavy atom. The monoisotopic (exact) mass is 278 g/mol. The van der Waals surface area contributed by atoms with E-state index in [1.165, 1.54) is 24.1 Å². The van der Waals surface area contributed by atoms with Gasteiger partial charge in [0.2, 0.25) is 5.91 Å². The fourth-order valence-corrected chi connectivity index (χ4v) is 3.74. The molecule has 0 aromatic carbocycles. The van der Waals surface area contributed by atoms with Crippen LogP contribution in [0.15, 0.2) is 17.5 Å². The molecule has 19 heavy (non-hydrogen) atoms. The lowest BCUT2D eigenvalue weighted by atomic mass is 9.85. The highest BCUT2D eigenvalue weighted by Gasteiger charge is 2.42. The molecule has 2 fully saturated rings. The molecular formula is C15H22N2OS. The number of nitrogens with zero attached hydrogens (tertiary/aromatic N) is 1. The van der Waals surface area contributed by atoms with Crippen LogP contribution in [0.2, 0.25) is 0 Å². The zero-order chi connectivity index (χ0) is 13.4. The molecule has 104 valence electrons. The van der Waals surface area contributed by atoms with Crippen LogP contribution in [0, 0.1) is 11.8 Å². The number of carbonyl (C=O) groups excluding carboxylic acids is 1. The first-order chi connectivity index (χ1) is 9.16. The van der Waals surface area contributed by atoms with Crippen LogP contribution in [0.1, 0.15) is 44.2 Å². The molecule has 1 saturated carbocycles. The van der Waals surface area contributed by atoms with Crippen LogP contribution in [0.4, 0.5) is 0 Å². The molecule has 0 radical (unpaired) electrons. The summed E-state index contributed by atoms with van der Waals surface area (Å²) in [5, 5.41) is 5.62. The summed E-state index contributed by atoms with van der Waals surface area (Å²) in [4.78, 5) is 15.9. The highest BCUT2D eigenvalue weighted by molar-refractivity contribution is 7.10. The quantitative estimate of drug-likeness (QED) is 0.918. The average Bonchev–Trinajstić information content (AvgIpc) is 2.91. The fourth-order valence-electron chi connectivity index (χ4n) is 2.95. The molecule has 3 rings (SSSR count). The SMILES string of the molecule is CC(C)C1NC(c2cccs2)N(CC2CCC2)C1=O. The van der Waals surface area contributed by atoms with E-state index in [1.54, 1.807) is 11.3 Å². The van der Waals surface area contributed by atoms with Gasteiger partial charge in [0.05, 0.1) is 6.04 Å². The van der Waals surface area contributed by atoms with Crippen molar-refractivity contribution in [1.82, 2.24) is 10.2 Å². The Bertz CT molecular complexity index is 439. The van der Waals surface area contributed by atoms with Crippen LogP contribution < -0.4 is 5.32 Å². The van der Waals surface area contributed by atoms with Gasteiger partial charge in [0.15, 0.2) is 0 Å². The van der Waals surface area contributed by atoms with Gasteiger partial charge in [0.1, 0.15) is 6.17 Å². The average molecular weight is 278 g/mol.